The number of ether oxygens (including phenoxy) is 1. The summed E-state index contributed by atoms with van der Waals surface area (Å²) in [4.78, 5) is 11.5. The Bertz CT molecular complexity index is 1000. The summed E-state index contributed by atoms with van der Waals surface area (Å²) < 4.78 is 5.20. The summed E-state index contributed by atoms with van der Waals surface area (Å²) in [5, 5.41) is 14.1. The van der Waals surface area contributed by atoms with Gasteiger partial charge in [-0.05, 0) is 49.2 Å². The lowest BCUT2D eigenvalue weighted by molar-refractivity contribution is 0.245. The molecule has 1 aliphatic rings. The van der Waals surface area contributed by atoms with Gasteiger partial charge in [0.15, 0.2) is 11.8 Å². The van der Waals surface area contributed by atoms with Crippen molar-refractivity contribution in [2.45, 2.75) is 32.0 Å². The number of nitrogens with zero attached hydrogens (tertiary/aromatic N) is 4. The van der Waals surface area contributed by atoms with Crippen LogP contribution in [0.3, 0.4) is 0 Å². The Labute approximate surface area is 189 Å². The first kappa shape index (κ1) is 21.8. The van der Waals surface area contributed by atoms with Crippen LogP contribution < -0.4 is 15.4 Å². The minimum absolute atomic E-state index is 0.501. The van der Waals surface area contributed by atoms with Crippen LogP contribution in [0.5, 0.6) is 5.75 Å². The van der Waals surface area contributed by atoms with Gasteiger partial charge >= 0.3 is 0 Å². The third-order valence-corrected chi connectivity index (χ3v) is 5.76. The van der Waals surface area contributed by atoms with Crippen LogP contribution in [-0.4, -0.2) is 59.3 Å². The maximum atomic E-state index is 5.20. The fourth-order valence-corrected chi connectivity index (χ4v) is 4.00. The first-order chi connectivity index (χ1) is 15.7. The second-order valence-corrected chi connectivity index (χ2v) is 7.89. The van der Waals surface area contributed by atoms with Crippen LogP contribution in [0, 0.1) is 0 Å². The van der Waals surface area contributed by atoms with Crippen LogP contribution in [-0.2, 0) is 13.1 Å². The zero-order chi connectivity index (χ0) is 22.2. The van der Waals surface area contributed by atoms with Crippen molar-refractivity contribution in [1.29, 1.82) is 0 Å². The van der Waals surface area contributed by atoms with E-state index in [0.29, 0.717) is 18.4 Å². The first-order valence-electron chi connectivity index (χ1n) is 11.0. The molecule has 1 aromatic heterocycles. The molecule has 0 saturated carbocycles. The molecule has 3 N–H and O–H groups in total. The van der Waals surface area contributed by atoms with E-state index in [1.807, 2.05) is 24.3 Å². The van der Waals surface area contributed by atoms with Crippen LogP contribution in [0.25, 0.3) is 11.4 Å². The molecule has 1 saturated heterocycles. The molecule has 32 heavy (non-hydrogen) atoms. The lowest BCUT2D eigenvalue weighted by atomic mass is 10.2. The standard InChI is InChI=1S/C24H31N7O/c1-25-24(26-15-20-9-6-14-31(20)17-18-7-4-3-5-8-18)27-16-22-28-23(30-29-22)19-10-12-21(32-2)13-11-19/h3-5,7-8,10-13,20H,6,9,14-17H2,1-2H3,(H2,25,26,27)(H,28,29,30). The Morgan fingerprint density at radius 1 is 1.16 bits per heavy atom. The van der Waals surface area contributed by atoms with Gasteiger partial charge in [0.2, 0.25) is 0 Å². The lowest BCUT2D eigenvalue weighted by Gasteiger charge is -2.25. The molecular formula is C24H31N7O. The van der Waals surface area contributed by atoms with Gasteiger partial charge < -0.3 is 15.4 Å². The van der Waals surface area contributed by atoms with Crippen LogP contribution in [0.1, 0.15) is 24.2 Å². The average Bonchev–Trinajstić information content (AvgIpc) is 3.50. The summed E-state index contributed by atoms with van der Waals surface area (Å²) >= 11 is 0. The number of methoxy groups -OCH3 is 1. The van der Waals surface area contributed by atoms with E-state index < -0.39 is 0 Å². The second kappa shape index (κ2) is 10.8. The van der Waals surface area contributed by atoms with Crippen molar-refractivity contribution in [3.63, 3.8) is 0 Å². The molecule has 168 valence electrons. The average molecular weight is 434 g/mol. The molecule has 8 nitrogen and oxygen atoms in total. The number of benzene rings is 2. The monoisotopic (exact) mass is 433 g/mol. The molecule has 1 aliphatic heterocycles. The molecule has 3 aromatic rings. The van der Waals surface area contributed by atoms with E-state index in [4.69, 9.17) is 4.74 Å². The summed E-state index contributed by atoms with van der Waals surface area (Å²) in [5.41, 5.74) is 2.30. The van der Waals surface area contributed by atoms with Crippen molar-refractivity contribution in [2.24, 2.45) is 4.99 Å². The zero-order valence-electron chi connectivity index (χ0n) is 18.7. The van der Waals surface area contributed by atoms with Crippen LogP contribution in [0.2, 0.25) is 0 Å². The van der Waals surface area contributed by atoms with Gasteiger partial charge in [-0.1, -0.05) is 30.3 Å². The predicted molar refractivity (Wildman–Crippen MR) is 126 cm³/mol. The summed E-state index contributed by atoms with van der Waals surface area (Å²) in [6.45, 7) is 3.51. The quantitative estimate of drug-likeness (QED) is 0.374. The molecule has 0 radical (unpaired) electrons. The summed E-state index contributed by atoms with van der Waals surface area (Å²) in [7, 11) is 3.44. The maximum Gasteiger partial charge on any atom is 0.191 e. The number of hydrogen-bond acceptors (Lipinski definition) is 5. The van der Waals surface area contributed by atoms with E-state index >= 15 is 0 Å². The normalized spacial score (nSPS) is 16.8. The number of rotatable bonds is 8. The number of hydrogen-bond donors (Lipinski definition) is 3. The number of aromatic amines is 1. The predicted octanol–water partition coefficient (Wildman–Crippen LogP) is 2.81. The Morgan fingerprint density at radius 3 is 2.72 bits per heavy atom. The lowest BCUT2D eigenvalue weighted by Crippen LogP contribution is -2.44. The third-order valence-electron chi connectivity index (χ3n) is 5.76. The summed E-state index contributed by atoms with van der Waals surface area (Å²) in [6.07, 6.45) is 2.43. The molecule has 1 unspecified atom stereocenters. The van der Waals surface area contributed by atoms with Crippen molar-refractivity contribution >= 4 is 5.96 Å². The van der Waals surface area contributed by atoms with Gasteiger partial charge in [-0.2, -0.15) is 5.10 Å². The molecule has 1 atom stereocenters. The smallest absolute Gasteiger partial charge is 0.191 e. The van der Waals surface area contributed by atoms with Gasteiger partial charge in [-0.15, -0.1) is 0 Å². The molecule has 4 rings (SSSR count). The molecule has 2 aromatic carbocycles. The number of H-pyrrole nitrogens is 1. The van der Waals surface area contributed by atoms with Gasteiger partial charge in [0, 0.05) is 31.7 Å². The fraction of sp³-hybridized carbons (Fsp3) is 0.375. The molecule has 0 aliphatic carbocycles. The molecule has 0 spiro atoms. The van der Waals surface area contributed by atoms with E-state index in [2.05, 4.69) is 66.0 Å². The Balaban J connectivity index is 1.26. The number of guanidine groups is 1. The number of aliphatic imine (C=N–C) groups is 1. The largest absolute Gasteiger partial charge is 0.497 e. The van der Waals surface area contributed by atoms with E-state index in [0.717, 1.165) is 42.7 Å². The molecule has 2 heterocycles. The highest BCUT2D eigenvalue weighted by Crippen LogP contribution is 2.20. The minimum Gasteiger partial charge on any atom is -0.497 e. The molecular weight excluding hydrogens is 402 g/mol. The minimum atomic E-state index is 0.501. The van der Waals surface area contributed by atoms with E-state index in [9.17, 15) is 0 Å². The van der Waals surface area contributed by atoms with E-state index in [1.165, 1.54) is 18.4 Å². The SMILES string of the molecule is CN=C(NCc1nc(-c2ccc(OC)cc2)n[nH]1)NCC1CCCN1Cc1ccccc1. The molecule has 0 amide bonds. The Kier molecular flexibility index (Phi) is 7.34. The van der Waals surface area contributed by atoms with Crippen LogP contribution in [0.15, 0.2) is 59.6 Å². The van der Waals surface area contributed by atoms with Gasteiger partial charge in [-0.25, -0.2) is 4.98 Å². The Hall–Kier alpha value is -3.39. The number of aromatic nitrogens is 3. The zero-order valence-corrected chi connectivity index (χ0v) is 18.7. The first-order valence-corrected chi connectivity index (χ1v) is 11.0. The van der Waals surface area contributed by atoms with Gasteiger partial charge in [0.25, 0.3) is 0 Å². The fourth-order valence-electron chi connectivity index (χ4n) is 4.00. The van der Waals surface area contributed by atoms with Crippen molar-refractivity contribution in [3.05, 3.63) is 66.0 Å². The maximum absolute atomic E-state index is 5.20. The number of likely N-dealkylation sites (tertiary alicyclic amines) is 1. The summed E-state index contributed by atoms with van der Waals surface area (Å²) in [5.74, 6) is 2.99. The Morgan fingerprint density at radius 2 is 1.97 bits per heavy atom. The molecule has 1 fully saturated rings. The van der Waals surface area contributed by atoms with Gasteiger partial charge in [-0.3, -0.25) is 15.0 Å². The van der Waals surface area contributed by atoms with E-state index in [1.54, 1.807) is 14.2 Å². The van der Waals surface area contributed by atoms with Crippen LogP contribution >= 0.6 is 0 Å². The third kappa shape index (κ3) is 5.64. The number of nitrogens with one attached hydrogen (secondary N) is 3. The molecule has 0 bridgehead atoms. The van der Waals surface area contributed by atoms with Crippen molar-refractivity contribution in [1.82, 2.24) is 30.7 Å². The second-order valence-electron chi connectivity index (χ2n) is 7.89. The summed E-state index contributed by atoms with van der Waals surface area (Å²) in [6, 6.07) is 18.9. The highest BCUT2D eigenvalue weighted by Gasteiger charge is 2.24. The van der Waals surface area contributed by atoms with E-state index in [-0.39, 0.29) is 0 Å². The van der Waals surface area contributed by atoms with Crippen molar-refractivity contribution in [3.8, 4) is 17.1 Å². The van der Waals surface area contributed by atoms with Crippen molar-refractivity contribution in [2.75, 3.05) is 27.2 Å². The highest BCUT2D eigenvalue weighted by atomic mass is 16.5. The highest BCUT2D eigenvalue weighted by molar-refractivity contribution is 5.79. The van der Waals surface area contributed by atoms with Gasteiger partial charge in [0.1, 0.15) is 11.6 Å². The molecule has 8 heteroatoms. The van der Waals surface area contributed by atoms with Gasteiger partial charge in [0.05, 0.1) is 13.7 Å². The topological polar surface area (TPSA) is 90.5 Å². The van der Waals surface area contributed by atoms with Crippen LogP contribution in [0.4, 0.5) is 0 Å². The van der Waals surface area contributed by atoms with Crippen molar-refractivity contribution < 1.29 is 4.74 Å².